The van der Waals surface area contributed by atoms with Crippen LogP contribution in [0.2, 0.25) is 0 Å². The van der Waals surface area contributed by atoms with Gasteiger partial charge in [-0.3, -0.25) is 0 Å². The molecule has 4 aromatic carbocycles. The van der Waals surface area contributed by atoms with Crippen molar-refractivity contribution in [2.24, 2.45) is 0 Å². The van der Waals surface area contributed by atoms with E-state index in [4.69, 9.17) is 14.6 Å². The zero-order chi connectivity index (χ0) is 24.6. The van der Waals surface area contributed by atoms with Gasteiger partial charge in [0.2, 0.25) is 0 Å². The molecule has 0 bridgehead atoms. The van der Waals surface area contributed by atoms with Crippen molar-refractivity contribution in [3.8, 4) is 22.6 Å². The minimum atomic E-state index is -0.963. The van der Waals surface area contributed by atoms with Crippen molar-refractivity contribution < 1.29 is 9.76 Å². The highest BCUT2D eigenvalue weighted by Gasteiger charge is 2.35. The second kappa shape index (κ2) is 8.92. The summed E-state index contributed by atoms with van der Waals surface area (Å²) in [5, 5.41) is 13.7. The van der Waals surface area contributed by atoms with Crippen LogP contribution in [-0.2, 0) is 4.65 Å². The molecule has 0 saturated heterocycles. The maximum Gasteiger partial charge on any atom is 0.310 e. The van der Waals surface area contributed by atoms with Crippen molar-refractivity contribution in [3.63, 3.8) is 0 Å². The Hall–Kier alpha value is -3.54. The Morgan fingerprint density at radius 1 is 0.686 bits per heavy atom. The third kappa shape index (κ3) is 4.45. The zero-order valence-electron chi connectivity index (χ0n) is 20.6. The van der Waals surface area contributed by atoms with E-state index in [-0.39, 0.29) is 0 Å². The van der Waals surface area contributed by atoms with Crippen LogP contribution < -0.4 is 5.46 Å². The van der Waals surface area contributed by atoms with E-state index in [1.165, 1.54) is 0 Å². The Morgan fingerprint density at radius 2 is 1.31 bits per heavy atom. The lowest BCUT2D eigenvalue weighted by molar-refractivity contribution is -0.0893. The first-order valence-electron chi connectivity index (χ1n) is 11.9. The molecule has 35 heavy (non-hydrogen) atoms. The van der Waals surface area contributed by atoms with E-state index in [0.717, 1.165) is 44.0 Å². The molecule has 5 heteroatoms. The summed E-state index contributed by atoms with van der Waals surface area (Å²) in [6.07, 6.45) is 0. The summed E-state index contributed by atoms with van der Waals surface area (Å²) in [4.78, 5) is 10.0. The summed E-state index contributed by atoms with van der Waals surface area (Å²) in [6.45, 7) is 7.38. The maximum absolute atomic E-state index is 10.5. The van der Waals surface area contributed by atoms with Gasteiger partial charge >= 0.3 is 7.48 Å². The van der Waals surface area contributed by atoms with Crippen molar-refractivity contribution >= 4 is 34.6 Å². The average Bonchev–Trinajstić information content (AvgIpc) is 2.86. The standard InChI is InChI=1S/C30H29BN2O2/c1-29(2,34)30(3,4)35-31-25-19-18-23(21-14-8-9-15-22(21)25)28-32-26-17-11-10-16-24(26)27(33-28)20-12-6-5-7-13-20/h5-19,31,34H,1-4H3. The Balaban J connectivity index is 1.64. The van der Waals surface area contributed by atoms with Gasteiger partial charge in [-0.1, -0.05) is 84.9 Å². The van der Waals surface area contributed by atoms with Crippen LogP contribution in [0, 0.1) is 0 Å². The van der Waals surface area contributed by atoms with E-state index >= 15 is 0 Å². The number of hydrogen-bond donors (Lipinski definition) is 1. The minimum absolute atomic E-state index is 0.394. The van der Waals surface area contributed by atoms with E-state index in [2.05, 4.69) is 42.5 Å². The number of nitrogens with zero attached hydrogens (tertiary/aromatic N) is 2. The van der Waals surface area contributed by atoms with Crippen LogP contribution in [0.25, 0.3) is 44.3 Å². The molecule has 0 aliphatic carbocycles. The summed E-state index contributed by atoms with van der Waals surface area (Å²) in [5.41, 5.74) is 3.29. The van der Waals surface area contributed by atoms with Crippen LogP contribution >= 0.6 is 0 Å². The van der Waals surface area contributed by atoms with Crippen molar-refractivity contribution in [3.05, 3.63) is 91.0 Å². The molecule has 0 fully saturated rings. The number of rotatable bonds is 6. The third-order valence-corrected chi connectivity index (χ3v) is 6.97. The normalized spacial score (nSPS) is 12.3. The summed E-state index contributed by atoms with van der Waals surface area (Å²) < 4.78 is 6.19. The second-order valence-electron chi connectivity index (χ2n) is 9.95. The summed E-state index contributed by atoms with van der Waals surface area (Å²) in [7, 11) is 0.394. The second-order valence-corrected chi connectivity index (χ2v) is 9.95. The van der Waals surface area contributed by atoms with Crippen LogP contribution in [0.4, 0.5) is 0 Å². The minimum Gasteiger partial charge on any atom is -0.427 e. The SMILES string of the molecule is CC(C)(O)C(C)(C)OBc1ccc(-c2nc(-c3ccccc3)c3ccccc3n2)c2ccccc12. The summed E-state index contributed by atoms with van der Waals surface area (Å²) in [6, 6.07) is 30.8. The fraction of sp³-hybridized carbons (Fsp3) is 0.200. The molecular formula is C30H29BN2O2. The maximum atomic E-state index is 10.5. The van der Waals surface area contributed by atoms with Crippen molar-refractivity contribution in [2.45, 2.75) is 38.9 Å². The Morgan fingerprint density at radius 3 is 2.03 bits per heavy atom. The predicted octanol–water partition coefficient (Wildman–Crippen LogP) is 5.66. The number of aromatic nitrogens is 2. The molecule has 0 saturated carbocycles. The van der Waals surface area contributed by atoms with Crippen LogP contribution in [0.1, 0.15) is 27.7 Å². The lowest BCUT2D eigenvalue weighted by atomic mass is 9.79. The first-order chi connectivity index (χ1) is 16.7. The smallest absolute Gasteiger partial charge is 0.310 e. The number of aliphatic hydroxyl groups is 1. The predicted molar refractivity (Wildman–Crippen MR) is 146 cm³/mol. The Labute approximate surface area is 206 Å². The molecule has 0 aliphatic rings. The van der Waals surface area contributed by atoms with E-state index < -0.39 is 11.2 Å². The summed E-state index contributed by atoms with van der Waals surface area (Å²) >= 11 is 0. The topological polar surface area (TPSA) is 55.2 Å². The molecule has 1 aromatic heterocycles. The van der Waals surface area contributed by atoms with Gasteiger partial charge in [0.05, 0.1) is 22.4 Å². The molecule has 5 rings (SSSR count). The van der Waals surface area contributed by atoms with Gasteiger partial charge < -0.3 is 9.76 Å². The molecule has 174 valence electrons. The van der Waals surface area contributed by atoms with Gasteiger partial charge in [-0.25, -0.2) is 9.97 Å². The van der Waals surface area contributed by atoms with Crippen molar-refractivity contribution in [1.82, 2.24) is 9.97 Å². The molecule has 0 radical (unpaired) electrons. The lowest BCUT2D eigenvalue weighted by Gasteiger charge is -2.37. The fourth-order valence-corrected chi connectivity index (χ4v) is 4.13. The molecule has 5 aromatic rings. The summed E-state index contributed by atoms with van der Waals surface area (Å²) in [5.74, 6) is 0.697. The van der Waals surface area contributed by atoms with Crippen molar-refractivity contribution in [1.29, 1.82) is 0 Å². The van der Waals surface area contributed by atoms with Gasteiger partial charge in [-0.2, -0.15) is 0 Å². The molecule has 1 N–H and O–H groups in total. The third-order valence-electron chi connectivity index (χ3n) is 6.97. The molecule has 0 unspecified atom stereocenters. The highest BCUT2D eigenvalue weighted by molar-refractivity contribution is 6.51. The molecule has 1 heterocycles. The highest BCUT2D eigenvalue weighted by Crippen LogP contribution is 2.32. The van der Waals surface area contributed by atoms with Gasteiger partial charge in [-0.15, -0.1) is 0 Å². The molecule has 0 aliphatic heterocycles. The molecule has 0 spiro atoms. The van der Waals surface area contributed by atoms with Gasteiger partial charge in [0.25, 0.3) is 0 Å². The molecular weight excluding hydrogens is 431 g/mol. The van der Waals surface area contributed by atoms with Crippen LogP contribution in [0.3, 0.4) is 0 Å². The van der Waals surface area contributed by atoms with Crippen LogP contribution in [0.15, 0.2) is 91.0 Å². The van der Waals surface area contributed by atoms with Gasteiger partial charge in [0, 0.05) is 16.5 Å². The van der Waals surface area contributed by atoms with Gasteiger partial charge in [0.15, 0.2) is 5.82 Å². The average molecular weight is 460 g/mol. The number of fused-ring (bicyclic) bond motifs is 2. The first-order valence-corrected chi connectivity index (χ1v) is 11.9. The lowest BCUT2D eigenvalue weighted by Crippen LogP contribution is -2.49. The first kappa shape index (κ1) is 23.2. The van der Waals surface area contributed by atoms with Crippen LogP contribution in [-0.4, -0.2) is 33.8 Å². The van der Waals surface area contributed by atoms with Gasteiger partial charge in [0.1, 0.15) is 0 Å². The van der Waals surface area contributed by atoms with E-state index in [9.17, 15) is 5.11 Å². The van der Waals surface area contributed by atoms with Crippen molar-refractivity contribution in [2.75, 3.05) is 0 Å². The molecule has 0 amide bonds. The number of hydrogen-bond acceptors (Lipinski definition) is 4. The zero-order valence-corrected chi connectivity index (χ0v) is 20.6. The van der Waals surface area contributed by atoms with E-state index in [0.29, 0.717) is 13.3 Å². The van der Waals surface area contributed by atoms with Crippen LogP contribution in [0.5, 0.6) is 0 Å². The molecule has 0 atom stereocenters. The number of benzene rings is 4. The fourth-order valence-electron chi connectivity index (χ4n) is 4.13. The van der Waals surface area contributed by atoms with E-state index in [1.54, 1.807) is 13.8 Å². The highest BCUT2D eigenvalue weighted by atomic mass is 16.5. The largest absolute Gasteiger partial charge is 0.427 e. The van der Waals surface area contributed by atoms with E-state index in [1.807, 2.05) is 62.4 Å². The monoisotopic (exact) mass is 460 g/mol. The molecule has 4 nitrogen and oxygen atoms in total. The van der Waals surface area contributed by atoms with Gasteiger partial charge in [-0.05, 0) is 50.0 Å². The Bertz CT molecular complexity index is 1510. The Kier molecular flexibility index (Phi) is 5.91. The quantitative estimate of drug-likeness (QED) is 0.332. The number of para-hydroxylation sites is 1.